The van der Waals surface area contributed by atoms with Crippen molar-refractivity contribution < 1.29 is 0 Å². The Bertz CT molecular complexity index is 372. The van der Waals surface area contributed by atoms with Crippen molar-refractivity contribution in [3.05, 3.63) is 36.7 Å². The molecule has 0 saturated carbocycles. The van der Waals surface area contributed by atoms with Crippen LogP contribution in [0.3, 0.4) is 0 Å². The molecule has 0 saturated heterocycles. The van der Waals surface area contributed by atoms with Gasteiger partial charge in [0.2, 0.25) is 0 Å². The van der Waals surface area contributed by atoms with Crippen LogP contribution in [0.2, 0.25) is 0 Å². The lowest BCUT2D eigenvalue weighted by atomic mass is 10.2. The fraction of sp³-hybridized carbons (Fsp3) is 0.533. The average Bonchev–Trinajstić information content (AvgIpc) is 2.33. The van der Waals surface area contributed by atoms with Gasteiger partial charge in [0.05, 0.1) is 5.69 Å². The van der Waals surface area contributed by atoms with Gasteiger partial charge in [-0.05, 0) is 26.0 Å². The molecule has 3 heteroatoms. The molecule has 0 fully saturated rings. The maximum atomic E-state index is 4.40. The van der Waals surface area contributed by atoms with E-state index in [0.717, 1.165) is 18.8 Å². The van der Waals surface area contributed by atoms with E-state index >= 15 is 0 Å². The normalized spacial score (nSPS) is 11.0. The van der Waals surface area contributed by atoms with Crippen LogP contribution in [0.5, 0.6) is 0 Å². The summed E-state index contributed by atoms with van der Waals surface area (Å²) in [6.07, 6.45) is 3.82. The van der Waals surface area contributed by atoms with Gasteiger partial charge in [0.1, 0.15) is 0 Å². The van der Waals surface area contributed by atoms with E-state index in [2.05, 4.69) is 61.6 Å². The van der Waals surface area contributed by atoms with Gasteiger partial charge in [0.25, 0.3) is 0 Å². The van der Waals surface area contributed by atoms with E-state index in [4.69, 9.17) is 0 Å². The zero-order chi connectivity index (χ0) is 13.5. The molecule has 1 rings (SSSR count). The second-order valence-corrected chi connectivity index (χ2v) is 5.08. The largest absolute Gasteiger partial charge is 0.365 e. The average molecular weight is 247 g/mol. The summed E-state index contributed by atoms with van der Waals surface area (Å²) >= 11 is 0. The number of anilines is 1. The first-order chi connectivity index (χ1) is 8.54. The van der Waals surface area contributed by atoms with E-state index in [0.29, 0.717) is 12.1 Å². The third-order valence-electron chi connectivity index (χ3n) is 2.77. The molecule has 1 aromatic heterocycles. The SMILES string of the molecule is C=CCN(c1ccnc(CNC(C)C)c1)C(C)C. The minimum absolute atomic E-state index is 0.455. The summed E-state index contributed by atoms with van der Waals surface area (Å²) < 4.78 is 0. The lowest BCUT2D eigenvalue weighted by Gasteiger charge is -2.28. The molecule has 1 N–H and O–H groups in total. The molecule has 0 aromatic carbocycles. The van der Waals surface area contributed by atoms with Gasteiger partial charge in [-0.25, -0.2) is 0 Å². The van der Waals surface area contributed by atoms with E-state index in [1.165, 1.54) is 5.69 Å². The third kappa shape index (κ3) is 4.49. The van der Waals surface area contributed by atoms with Gasteiger partial charge in [-0.2, -0.15) is 0 Å². The molecule has 0 amide bonds. The van der Waals surface area contributed by atoms with Crippen LogP contribution in [0.25, 0.3) is 0 Å². The summed E-state index contributed by atoms with van der Waals surface area (Å²) in [5.41, 5.74) is 2.29. The number of rotatable bonds is 7. The molecule has 0 aliphatic carbocycles. The van der Waals surface area contributed by atoms with Gasteiger partial charge in [-0.15, -0.1) is 6.58 Å². The summed E-state index contributed by atoms with van der Waals surface area (Å²) in [6.45, 7) is 14.2. The van der Waals surface area contributed by atoms with Crippen LogP contribution in [-0.4, -0.2) is 23.6 Å². The summed E-state index contributed by atoms with van der Waals surface area (Å²) in [5, 5.41) is 3.39. The predicted octanol–water partition coefficient (Wildman–Crippen LogP) is 2.98. The van der Waals surface area contributed by atoms with Crippen molar-refractivity contribution in [1.29, 1.82) is 0 Å². The Morgan fingerprint density at radius 3 is 2.67 bits per heavy atom. The van der Waals surface area contributed by atoms with Crippen LogP contribution in [-0.2, 0) is 6.54 Å². The van der Waals surface area contributed by atoms with Gasteiger partial charge in [-0.3, -0.25) is 4.98 Å². The molecule has 0 aliphatic heterocycles. The highest BCUT2D eigenvalue weighted by molar-refractivity contribution is 5.48. The number of nitrogens with one attached hydrogen (secondary N) is 1. The van der Waals surface area contributed by atoms with Gasteiger partial charge >= 0.3 is 0 Å². The maximum Gasteiger partial charge on any atom is 0.0562 e. The molecule has 1 aromatic rings. The summed E-state index contributed by atoms with van der Waals surface area (Å²) in [4.78, 5) is 6.71. The second kappa shape index (κ2) is 7.17. The van der Waals surface area contributed by atoms with Crippen molar-refractivity contribution in [3.63, 3.8) is 0 Å². The van der Waals surface area contributed by atoms with E-state index in [1.807, 2.05) is 12.3 Å². The number of nitrogens with zero attached hydrogens (tertiary/aromatic N) is 2. The molecule has 18 heavy (non-hydrogen) atoms. The monoisotopic (exact) mass is 247 g/mol. The zero-order valence-electron chi connectivity index (χ0n) is 12.0. The number of hydrogen-bond donors (Lipinski definition) is 1. The highest BCUT2D eigenvalue weighted by Crippen LogP contribution is 2.17. The van der Waals surface area contributed by atoms with Gasteiger partial charge in [-0.1, -0.05) is 19.9 Å². The van der Waals surface area contributed by atoms with E-state index < -0.39 is 0 Å². The van der Waals surface area contributed by atoms with Gasteiger partial charge in [0, 0.05) is 37.1 Å². The smallest absolute Gasteiger partial charge is 0.0562 e. The van der Waals surface area contributed by atoms with E-state index in [-0.39, 0.29) is 0 Å². The van der Waals surface area contributed by atoms with Crippen molar-refractivity contribution in [2.75, 3.05) is 11.4 Å². The molecular weight excluding hydrogens is 222 g/mol. The molecule has 100 valence electrons. The number of aromatic nitrogens is 1. The zero-order valence-corrected chi connectivity index (χ0v) is 12.0. The van der Waals surface area contributed by atoms with Crippen LogP contribution in [0.1, 0.15) is 33.4 Å². The Morgan fingerprint density at radius 2 is 2.11 bits per heavy atom. The molecule has 3 nitrogen and oxygen atoms in total. The van der Waals surface area contributed by atoms with Gasteiger partial charge < -0.3 is 10.2 Å². The fourth-order valence-corrected chi connectivity index (χ4v) is 1.80. The molecule has 0 spiro atoms. The van der Waals surface area contributed by atoms with Gasteiger partial charge in [0.15, 0.2) is 0 Å². The Morgan fingerprint density at radius 1 is 1.39 bits per heavy atom. The van der Waals surface area contributed by atoms with Crippen molar-refractivity contribution in [2.24, 2.45) is 0 Å². The van der Waals surface area contributed by atoms with Crippen molar-refractivity contribution in [3.8, 4) is 0 Å². The molecule has 0 unspecified atom stereocenters. The molecule has 0 bridgehead atoms. The second-order valence-electron chi connectivity index (χ2n) is 5.08. The minimum Gasteiger partial charge on any atom is -0.365 e. The van der Waals surface area contributed by atoms with Crippen LogP contribution < -0.4 is 10.2 Å². The summed E-state index contributed by atoms with van der Waals surface area (Å²) in [5.74, 6) is 0. The van der Waals surface area contributed by atoms with E-state index in [1.54, 1.807) is 0 Å². The van der Waals surface area contributed by atoms with Crippen LogP contribution >= 0.6 is 0 Å². The Labute approximate surface area is 111 Å². The van der Waals surface area contributed by atoms with Crippen LogP contribution in [0, 0.1) is 0 Å². The molecule has 0 aliphatic rings. The Hall–Kier alpha value is -1.35. The lowest BCUT2D eigenvalue weighted by molar-refractivity contribution is 0.581. The predicted molar refractivity (Wildman–Crippen MR) is 78.9 cm³/mol. The molecule has 1 heterocycles. The Balaban J connectivity index is 2.81. The Kier molecular flexibility index (Phi) is 5.86. The van der Waals surface area contributed by atoms with E-state index in [9.17, 15) is 0 Å². The summed E-state index contributed by atoms with van der Waals surface area (Å²) in [7, 11) is 0. The maximum absolute atomic E-state index is 4.40. The van der Waals surface area contributed by atoms with Crippen molar-refractivity contribution >= 4 is 5.69 Å². The molecular formula is C15H25N3. The van der Waals surface area contributed by atoms with Crippen LogP contribution in [0.4, 0.5) is 5.69 Å². The molecule has 0 atom stereocenters. The number of hydrogen-bond acceptors (Lipinski definition) is 3. The van der Waals surface area contributed by atoms with Crippen molar-refractivity contribution in [1.82, 2.24) is 10.3 Å². The number of pyridine rings is 1. The summed E-state index contributed by atoms with van der Waals surface area (Å²) in [6, 6.07) is 5.14. The standard InChI is InChI=1S/C15H25N3/c1-6-9-18(13(4)5)15-7-8-16-14(10-15)11-17-12(2)3/h6-8,10,12-13,17H,1,9,11H2,2-5H3. The highest BCUT2D eigenvalue weighted by atomic mass is 15.1. The first kappa shape index (κ1) is 14.7. The highest BCUT2D eigenvalue weighted by Gasteiger charge is 2.09. The topological polar surface area (TPSA) is 28.2 Å². The lowest BCUT2D eigenvalue weighted by Crippen LogP contribution is -2.31. The fourth-order valence-electron chi connectivity index (χ4n) is 1.80. The first-order valence-electron chi connectivity index (χ1n) is 6.60. The third-order valence-corrected chi connectivity index (χ3v) is 2.77. The minimum atomic E-state index is 0.455. The quantitative estimate of drug-likeness (QED) is 0.751. The molecule has 0 radical (unpaired) electrons. The van der Waals surface area contributed by atoms with Crippen LogP contribution in [0.15, 0.2) is 31.0 Å². The van der Waals surface area contributed by atoms with Crippen molar-refractivity contribution in [2.45, 2.75) is 46.3 Å². The first-order valence-corrected chi connectivity index (χ1v) is 6.60.